The Labute approximate surface area is 205 Å². The summed E-state index contributed by atoms with van der Waals surface area (Å²) in [5, 5.41) is 6.27. The first-order chi connectivity index (χ1) is 16.8. The van der Waals surface area contributed by atoms with Gasteiger partial charge in [0, 0.05) is 41.1 Å². The Morgan fingerprint density at radius 3 is 2.71 bits per heavy atom. The summed E-state index contributed by atoms with van der Waals surface area (Å²) in [6.45, 7) is 9.90. The van der Waals surface area contributed by atoms with E-state index in [9.17, 15) is 9.59 Å². The van der Waals surface area contributed by atoms with Crippen LogP contribution in [0.5, 0.6) is 11.5 Å². The number of methoxy groups -OCH3 is 1. The van der Waals surface area contributed by atoms with Crippen molar-refractivity contribution in [2.75, 3.05) is 19.0 Å². The summed E-state index contributed by atoms with van der Waals surface area (Å²) in [4.78, 5) is 31.2. The van der Waals surface area contributed by atoms with Crippen LogP contribution in [0.15, 0.2) is 71.7 Å². The number of allylic oxidation sites excluding steroid dienone is 3. The number of hydrogen-bond donors (Lipinski definition) is 2. The van der Waals surface area contributed by atoms with Gasteiger partial charge in [0.15, 0.2) is 17.3 Å². The van der Waals surface area contributed by atoms with Crippen molar-refractivity contribution in [2.24, 2.45) is 5.92 Å². The second kappa shape index (κ2) is 10.2. The summed E-state index contributed by atoms with van der Waals surface area (Å²) >= 11 is 0. The van der Waals surface area contributed by atoms with Crippen molar-refractivity contribution in [1.82, 2.24) is 10.3 Å². The summed E-state index contributed by atoms with van der Waals surface area (Å²) in [5.41, 5.74) is 4.50. The highest BCUT2D eigenvalue weighted by molar-refractivity contribution is 6.09. The molecule has 0 spiro atoms. The van der Waals surface area contributed by atoms with Gasteiger partial charge in [-0.15, -0.1) is 0 Å². The van der Waals surface area contributed by atoms with E-state index in [2.05, 4.69) is 29.1 Å². The molecule has 1 aromatic carbocycles. The summed E-state index contributed by atoms with van der Waals surface area (Å²) in [7, 11) is 1.57. The minimum atomic E-state index is -0.543. The maximum absolute atomic E-state index is 13.6. The number of benzene rings is 1. The number of pyridine rings is 1. The summed E-state index contributed by atoms with van der Waals surface area (Å²) in [6, 6.07) is 9.19. The van der Waals surface area contributed by atoms with Gasteiger partial charge in [-0.3, -0.25) is 9.59 Å². The maximum Gasteiger partial charge on any atom is 0.255 e. The molecule has 35 heavy (non-hydrogen) atoms. The van der Waals surface area contributed by atoms with Gasteiger partial charge in [-0.2, -0.15) is 0 Å². The van der Waals surface area contributed by atoms with Gasteiger partial charge in [-0.25, -0.2) is 4.98 Å². The van der Waals surface area contributed by atoms with E-state index in [4.69, 9.17) is 9.47 Å². The van der Waals surface area contributed by atoms with E-state index in [0.29, 0.717) is 47.2 Å². The number of nitrogens with zero attached hydrogens (tertiary/aromatic N) is 1. The van der Waals surface area contributed by atoms with Crippen molar-refractivity contribution in [3.8, 4) is 11.5 Å². The lowest BCUT2D eigenvalue weighted by atomic mass is 9.73. The molecule has 7 nitrogen and oxygen atoms in total. The molecule has 7 heteroatoms. The molecule has 2 heterocycles. The number of carbonyl (C=O) groups is 2. The summed E-state index contributed by atoms with van der Waals surface area (Å²) < 4.78 is 11.3. The van der Waals surface area contributed by atoms with Crippen molar-refractivity contribution in [1.29, 1.82) is 0 Å². The predicted molar refractivity (Wildman–Crippen MR) is 135 cm³/mol. The van der Waals surface area contributed by atoms with Crippen LogP contribution in [0.25, 0.3) is 0 Å². The van der Waals surface area contributed by atoms with Crippen molar-refractivity contribution < 1.29 is 19.1 Å². The molecule has 182 valence electrons. The first-order valence-corrected chi connectivity index (χ1v) is 11.7. The third-order valence-electron chi connectivity index (χ3n) is 6.31. The van der Waals surface area contributed by atoms with Crippen LogP contribution in [0.3, 0.4) is 0 Å². The Balaban J connectivity index is 1.80. The molecule has 4 rings (SSSR count). The molecule has 0 saturated heterocycles. The van der Waals surface area contributed by atoms with E-state index in [1.54, 1.807) is 25.4 Å². The maximum atomic E-state index is 13.6. The van der Waals surface area contributed by atoms with Crippen LogP contribution in [-0.2, 0) is 9.59 Å². The van der Waals surface area contributed by atoms with Crippen LogP contribution >= 0.6 is 0 Å². The Hall–Kier alpha value is -3.87. The van der Waals surface area contributed by atoms with Gasteiger partial charge in [0.2, 0.25) is 0 Å². The van der Waals surface area contributed by atoms with Crippen LogP contribution in [0, 0.1) is 12.8 Å². The molecule has 0 bridgehead atoms. The second-order valence-electron chi connectivity index (χ2n) is 9.11. The van der Waals surface area contributed by atoms with E-state index in [-0.39, 0.29) is 17.6 Å². The number of amides is 1. The highest BCUT2D eigenvalue weighted by Gasteiger charge is 2.40. The molecule has 2 atom stereocenters. The molecule has 2 N–H and O–H groups in total. The second-order valence-corrected chi connectivity index (χ2v) is 9.11. The lowest BCUT2D eigenvalue weighted by molar-refractivity contribution is -0.117. The van der Waals surface area contributed by atoms with Crippen LogP contribution in [0.1, 0.15) is 43.7 Å². The van der Waals surface area contributed by atoms with Gasteiger partial charge in [-0.05, 0) is 55.5 Å². The number of hydrogen-bond acceptors (Lipinski definition) is 6. The Bertz CT molecular complexity index is 1230. The monoisotopic (exact) mass is 473 g/mol. The van der Waals surface area contributed by atoms with E-state index in [0.717, 1.165) is 23.2 Å². The van der Waals surface area contributed by atoms with Crippen molar-refractivity contribution in [2.45, 2.75) is 39.5 Å². The summed E-state index contributed by atoms with van der Waals surface area (Å²) in [5.74, 6) is 0.984. The van der Waals surface area contributed by atoms with Crippen molar-refractivity contribution >= 4 is 17.5 Å². The van der Waals surface area contributed by atoms with Crippen molar-refractivity contribution in [3.05, 3.63) is 82.9 Å². The third kappa shape index (κ3) is 4.99. The number of carbonyl (C=O) groups excluding carboxylic acids is 2. The molecule has 0 fully saturated rings. The van der Waals surface area contributed by atoms with E-state index in [1.165, 1.54) is 0 Å². The number of anilines is 1. The summed E-state index contributed by atoms with van der Waals surface area (Å²) in [6.07, 6.45) is 4.56. The molecule has 0 saturated carbocycles. The van der Waals surface area contributed by atoms with Crippen LogP contribution in [0.2, 0.25) is 0 Å². The average Bonchev–Trinajstić information content (AvgIpc) is 2.82. The number of ether oxygens (including phenoxy) is 2. The number of dihydropyridines is 1. The molecule has 2 aliphatic rings. The first kappa shape index (κ1) is 24.3. The van der Waals surface area contributed by atoms with Gasteiger partial charge < -0.3 is 20.1 Å². The molecule has 0 radical (unpaired) electrons. The number of aryl methyl sites for hydroxylation is 1. The molecule has 1 aliphatic carbocycles. The molecule has 2 aromatic rings. The number of rotatable bonds is 7. The fourth-order valence-corrected chi connectivity index (χ4v) is 4.73. The van der Waals surface area contributed by atoms with Gasteiger partial charge in [0.05, 0.1) is 7.11 Å². The normalized spacial score (nSPS) is 19.6. The highest BCUT2D eigenvalue weighted by atomic mass is 16.5. The Kier molecular flexibility index (Phi) is 7.05. The topological polar surface area (TPSA) is 89.5 Å². The first-order valence-electron chi connectivity index (χ1n) is 11.7. The number of nitrogens with one attached hydrogen (secondary N) is 2. The Morgan fingerprint density at radius 1 is 1.23 bits per heavy atom. The molecular formula is C28H31N3O4. The quantitative estimate of drug-likeness (QED) is 0.561. The predicted octanol–water partition coefficient (Wildman–Crippen LogP) is 4.82. The van der Waals surface area contributed by atoms with Crippen LogP contribution in [0.4, 0.5) is 5.82 Å². The van der Waals surface area contributed by atoms with Gasteiger partial charge in [-0.1, -0.05) is 31.7 Å². The minimum absolute atomic E-state index is 0.0495. The van der Waals surface area contributed by atoms with Crippen LogP contribution < -0.4 is 20.1 Å². The largest absolute Gasteiger partial charge is 0.493 e. The minimum Gasteiger partial charge on any atom is -0.493 e. The average molecular weight is 474 g/mol. The lowest BCUT2D eigenvalue weighted by Gasteiger charge is -2.36. The molecule has 0 unspecified atom stereocenters. The number of ketones is 1. The fraction of sp³-hybridized carbons (Fsp3) is 0.321. The molecule has 1 amide bonds. The SMILES string of the molecule is C=CCOc1ccc([C@@H]2C(C(=O)Nc3ccc(C)cn3)=C(C)NC3=C2C(=O)C[C@@H](C)C3)cc1OC. The van der Waals surface area contributed by atoms with E-state index >= 15 is 0 Å². The van der Waals surface area contributed by atoms with Gasteiger partial charge in [0.1, 0.15) is 12.4 Å². The van der Waals surface area contributed by atoms with Gasteiger partial charge in [0.25, 0.3) is 5.91 Å². The number of Topliss-reactive ketones (excluding diaryl/α,β-unsaturated/α-hetero) is 1. The standard InChI is InChI=1S/C28H31N3O4/c1-6-11-35-22-9-8-19(14-23(22)34-5)26-25(28(33)31-24-10-7-16(2)15-29-24)18(4)30-20-12-17(3)13-21(32)27(20)26/h6-10,14-15,17,26,30H,1,11-13H2,2-5H3,(H,29,31,33)/t17-,26+/m0/s1. The lowest BCUT2D eigenvalue weighted by Crippen LogP contribution is -2.37. The zero-order valence-corrected chi connectivity index (χ0v) is 20.6. The zero-order chi connectivity index (χ0) is 25.1. The molecule has 1 aliphatic heterocycles. The van der Waals surface area contributed by atoms with E-state index < -0.39 is 5.92 Å². The third-order valence-corrected chi connectivity index (χ3v) is 6.31. The number of aromatic nitrogens is 1. The smallest absolute Gasteiger partial charge is 0.255 e. The molecule has 1 aromatic heterocycles. The van der Waals surface area contributed by atoms with Crippen LogP contribution in [-0.4, -0.2) is 30.4 Å². The fourth-order valence-electron chi connectivity index (χ4n) is 4.73. The zero-order valence-electron chi connectivity index (χ0n) is 20.6. The Morgan fingerprint density at radius 2 is 2.03 bits per heavy atom. The van der Waals surface area contributed by atoms with Crippen molar-refractivity contribution in [3.63, 3.8) is 0 Å². The van der Waals surface area contributed by atoms with Gasteiger partial charge >= 0.3 is 0 Å². The highest BCUT2D eigenvalue weighted by Crippen LogP contribution is 2.45. The van der Waals surface area contributed by atoms with E-state index in [1.807, 2.05) is 38.1 Å². The molecular weight excluding hydrogens is 442 g/mol.